The molecule has 1 atom stereocenters. The van der Waals surface area contributed by atoms with E-state index in [1.807, 2.05) is 25.2 Å². The summed E-state index contributed by atoms with van der Waals surface area (Å²) in [5.41, 5.74) is 3.19. The van der Waals surface area contributed by atoms with Crippen LogP contribution in [0.1, 0.15) is 22.9 Å². The zero-order chi connectivity index (χ0) is 14.7. The minimum absolute atomic E-state index is 0.0349. The predicted molar refractivity (Wildman–Crippen MR) is 88.3 cm³/mol. The van der Waals surface area contributed by atoms with Crippen LogP contribution < -0.4 is 10.1 Å². The summed E-state index contributed by atoms with van der Waals surface area (Å²) in [7, 11) is 3.60. The topological polar surface area (TPSA) is 34.1 Å². The van der Waals surface area contributed by atoms with Gasteiger partial charge in [0, 0.05) is 20.7 Å². The molecule has 0 amide bonds. The molecule has 0 aliphatic rings. The average Bonchev–Trinajstić information content (AvgIpc) is 2.42. The van der Waals surface area contributed by atoms with Crippen LogP contribution in [0.5, 0.6) is 5.75 Å². The Hall–Kier alpha value is -0.910. The van der Waals surface area contributed by atoms with Gasteiger partial charge in [-0.2, -0.15) is 0 Å². The molecule has 0 bridgehead atoms. The van der Waals surface area contributed by atoms with Crippen molar-refractivity contribution in [2.24, 2.45) is 0 Å². The molecule has 0 saturated heterocycles. The van der Waals surface area contributed by atoms with Gasteiger partial charge in [0.05, 0.1) is 18.8 Å². The fourth-order valence-electron chi connectivity index (χ4n) is 2.16. The number of hydrogen-bond acceptors (Lipinski definition) is 3. The van der Waals surface area contributed by atoms with Crippen molar-refractivity contribution in [3.8, 4) is 5.75 Å². The van der Waals surface area contributed by atoms with Gasteiger partial charge < -0.3 is 10.1 Å². The number of ether oxygens (including phenoxy) is 1. The number of aromatic nitrogens is 1. The first-order valence-electron chi connectivity index (χ1n) is 6.19. The molecule has 0 saturated carbocycles. The Morgan fingerprint density at radius 1 is 1.25 bits per heavy atom. The summed E-state index contributed by atoms with van der Waals surface area (Å²) in [6, 6.07) is 8.11. The van der Waals surface area contributed by atoms with Gasteiger partial charge in [0.1, 0.15) is 5.75 Å². The van der Waals surface area contributed by atoms with Crippen molar-refractivity contribution in [2.75, 3.05) is 14.2 Å². The lowest BCUT2D eigenvalue weighted by Gasteiger charge is -2.20. The maximum atomic E-state index is 5.48. The van der Waals surface area contributed by atoms with E-state index in [-0.39, 0.29) is 6.04 Å². The molecule has 5 heteroatoms. The zero-order valence-electron chi connectivity index (χ0n) is 11.6. The Bertz CT molecular complexity index is 617. The highest BCUT2D eigenvalue weighted by molar-refractivity contribution is 9.11. The molecule has 0 radical (unpaired) electrons. The smallest absolute Gasteiger partial charge is 0.124 e. The van der Waals surface area contributed by atoms with Crippen LogP contribution in [0.3, 0.4) is 0 Å². The van der Waals surface area contributed by atoms with E-state index in [1.165, 1.54) is 5.56 Å². The number of hydrogen-bond donors (Lipinski definition) is 1. The lowest BCUT2D eigenvalue weighted by Crippen LogP contribution is -2.20. The molecule has 20 heavy (non-hydrogen) atoms. The van der Waals surface area contributed by atoms with E-state index in [0.717, 1.165) is 26.0 Å². The summed E-state index contributed by atoms with van der Waals surface area (Å²) in [4.78, 5) is 4.52. The van der Waals surface area contributed by atoms with Crippen molar-refractivity contribution in [3.05, 3.63) is 56.2 Å². The van der Waals surface area contributed by atoms with Crippen molar-refractivity contribution < 1.29 is 4.74 Å². The highest BCUT2D eigenvalue weighted by Gasteiger charge is 2.20. The number of pyridine rings is 1. The SMILES string of the molecule is CNC(c1cc(C)ccc1OC)c1ncc(Br)cc1Br. The van der Waals surface area contributed by atoms with Crippen LogP contribution in [0.2, 0.25) is 0 Å². The number of rotatable bonds is 4. The third-order valence-corrected chi connectivity index (χ3v) is 4.16. The number of methoxy groups -OCH3 is 1. The molecule has 1 aromatic heterocycles. The second-order valence-corrected chi connectivity index (χ2v) is 6.26. The van der Waals surface area contributed by atoms with E-state index in [0.29, 0.717) is 0 Å². The second kappa shape index (κ2) is 6.70. The number of benzene rings is 1. The molecule has 0 fully saturated rings. The lowest BCUT2D eigenvalue weighted by molar-refractivity contribution is 0.404. The van der Waals surface area contributed by atoms with Gasteiger partial charge in [0.15, 0.2) is 0 Å². The van der Waals surface area contributed by atoms with E-state index in [2.05, 4.69) is 55.2 Å². The normalized spacial score (nSPS) is 12.2. The van der Waals surface area contributed by atoms with Gasteiger partial charge in [-0.05, 0) is 58.0 Å². The van der Waals surface area contributed by atoms with Crippen LogP contribution in [-0.4, -0.2) is 19.1 Å². The fraction of sp³-hybridized carbons (Fsp3) is 0.267. The van der Waals surface area contributed by atoms with Gasteiger partial charge >= 0.3 is 0 Å². The Balaban J connectivity index is 2.54. The number of nitrogens with zero attached hydrogens (tertiary/aromatic N) is 1. The first-order valence-corrected chi connectivity index (χ1v) is 7.78. The van der Waals surface area contributed by atoms with Crippen LogP contribution in [0.15, 0.2) is 39.4 Å². The molecule has 106 valence electrons. The van der Waals surface area contributed by atoms with Gasteiger partial charge in [-0.15, -0.1) is 0 Å². The summed E-state index contributed by atoms with van der Waals surface area (Å²) < 4.78 is 7.37. The Labute approximate surface area is 136 Å². The van der Waals surface area contributed by atoms with Crippen molar-refractivity contribution >= 4 is 31.9 Å². The molecule has 0 aliphatic heterocycles. The van der Waals surface area contributed by atoms with E-state index < -0.39 is 0 Å². The average molecular weight is 400 g/mol. The number of aryl methyl sites for hydroxylation is 1. The first kappa shape index (κ1) is 15.5. The molecular weight excluding hydrogens is 384 g/mol. The quantitative estimate of drug-likeness (QED) is 0.835. The number of halogens is 2. The molecular formula is C15H16Br2N2O. The summed E-state index contributed by atoms with van der Waals surface area (Å²) in [5, 5.41) is 3.31. The third-order valence-electron chi connectivity index (χ3n) is 3.09. The molecule has 2 rings (SSSR count). The summed E-state index contributed by atoms with van der Waals surface area (Å²) in [5.74, 6) is 0.853. The molecule has 1 heterocycles. The maximum absolute atomic E-state index is 5.48. The van der Waals surface area contributed by atoms with Crippen LogP contribution >= 0.6 is 31.9 Å². The van der Waals surface area contributed by atoms with Crippen molar-refractivity contribution in [2.45, 2.75) is 13.0 Å². The monoisotopic (exact) mass is 398 g/mol. The summed E-state index contributed by atoms with van der Waals surface area (Å²) in [6.07, 6.45) is 1.80. The summed E-state index contributed by atoms with van der Waals surface area (Å²) >= 11 is 7.00. The third kappa shape index (κ3) is 3.22. The standard InChI is InChI=1S/C15H16Br2N2O/c1-9-4-5-13(20-3)11(6-9)14(18-2)15-12(17)7-10(16)8-19-15/h4-8,14,18H,1-3H3. The van der Waals surface area contributed by atoms with Crippen LogP contribution in [0.25, 0.3) is 0 Å². The maximum Gasteiger partial charge on any atom is 0.124 e. The highest BCUT2D eigenvalue weighted by Crippen LogP contribution is 2.33. The van der Waals surface area contributed by atoms with Crippen LogP contribution in [0, 0.1) is 6.92 Å². The van der Waals surface area contributed by atoms with Crippen LogP contribution in [-0.2, 0) is 0 Å². The van der Waals surface area contributed by atoms with E-state index in [1.54, 1.807) is 13.3 Å². The fourth-order valence-corrected chi connectivity index (χ4v) is 3.37. The van der Waals surface area contributed by atoms with Gasteiger partial charge in [-0.3, -0.25) is 4.98 Å². The van der Waals surface area contributed by atoms with E-state index >= 15 is 0 Å². The molecule has 1 N–H and O–H groups in total. The van der Waals surface area contributed by atoms with Crippen LogP contribution in [0.4, 0.5) is 0 Å². The summed E-state index contributed by atoms with van der Waals surface area (Å²) in [6.45, 7) is 2.07. The molecule has 3 nitrogen and oxygen atoms in total. The lowest BCUT2D eigenvalue weighted by atomic mass is 10.00. The molecule has 1 unspecified atom stereocenters. The van der Waals surface area contributed by atoms with Crippen molar-refractivity contribution in [3.63, 3.8) is 0 Å². The second-order valence-electron chi connectivity index (χ2n) is 4.49. The van der Waals surface area contributed by atoms with E-state index in [9.17, 15) is 0 Å². The molecule has 0 spiro atoms. The molecule has 0 aliphatic carbocycles. The van der Waals surface area contributed by atoms with Gasteiger partial charge in [0.25, 0.3) is 0 Å². The van der Waals surface area contributed by atoms with Gasteiger partial charge in [0.2, 0.25) is 0 Å². The van der Waals surface area contributed by atoms with Crippen molar-refractivity contribution in [1.29, 1.82) is 0 Å². The minimum Gasteiger partial charge on any atom is -0.496 e. The highest BCUT2D eigenvalue weighted by atomic mass is 79.9. The Kier molecular flexibility index (Phi) is 5.18. The van der Waals surface area contributed by atoms with Gasteiger partial charge in [-0.1, -0.05) is 17.7 Å². The minimum atomic E-state index is -0.0349. The molecule has 1 aromatic carbocycles. The Morgan fingerprint density at radius 3 is 2.60 bits per heavy atom. The number of nitrogens with one attached hydrogen (secondary N) is 1. The zero-order valence-corrected chi connectivity index (χ0v) is 14.7. The first-order chi connectivity index (χ1) is 9.56. The van der Waals surface area contributed by atoms with Gasteiger partial charge in [-0.25, -0.2) is 0 Å². The largest absolute Gasteiger partial charge is 0.496 e. The molecule has 2 aromatic rings. The Morgan fingerprint density at radius 2 is 2.00 bits per heavy atom. The van der Waals surface area contributed by atoms with E-state index in [4.69, 9.17) is 4.74 Å². The predicted octanol–water partition coefficient (Wildman–Crippen LogP) is 4.23. The van der Waals surface area contributed by atoms with Crippen molar-refractivity contribution in [1.82, 2.24) is 10.3 Å².